The molecule has 0 atom stereocenters. The summed E-state index contributed by atoms with van der Waals surface area (Å²) in [5, 5.41) is 2.75. The van der Waals surface area contributed by atoms with Crippen LogP contribution in [0.15, 0.2) is 0 Å². The van der Waals surface area contributed by atoms with Crippen LogP contribution in [0.3, 0.4) is 0 Å². The van der Waals surface area contributed by atoms with E-state index in [-0.39, 0.29) is 16.9 Å². The molecule has 0 aliphatic rings. The lowest BCUT2D eigenvalue weighted by atomic mass is 9.98. The van der Waals surface area contributed by atoms with Gasteiger partial charge in [-0.25, -0.2) is 0 Å². The van der Waals surface area contributed by atoms with E-state index in [0.717, 1.165) is 0 Å². The first-order valence-corrected chi connectivity index (χ1v) is 6.01. The van der Waals surface area contributed by atoms with Gasteiger partial charge in [0.15, 0.2) is 0 Å². The minimum atomic E-state index is -0.188. The van der Waals surface area contributed by atoms with Crippen LogP contribution in [-0.2, 0) is 9.53 Å². The topological polar surface area (TPSA) is 38.3 Å². The maximum absolute atomic E-state index is 11.4. The van der Waals surface area contributed by atoms with Crippen LogP contribution in [0, 0.1) is 17.3 Å². The molecule has 0 saturated carbocycles. The monoisotopic (exact) mass is 239 g/mol. The Hall–Kier alpha value is -1.01. The van der Waals surface area contributed by atoms with Crippen LogP contribution >= 0.6 is 0 Å². The molecule has 1 amide bonds. The Morgan fingerprint density at radius 1 is 1.18 bits per heavy atom. The largest absolute Gasteiger partial charge is 0.375 e. The molecule has 0 unspecified atom stereocenters. The van der Waals surface area contributed by atoms with Crippen molar-refractivity contribution in [3.63, 3.8) is 0 Å². The second-order valence-electron chi connectivity index (χ2n) is 6.04. The summed E-state index contributed by atoms with van der Waals surface area (Å²) < 4.78 is 5.46. The highest BCUT2D eigenvalue weighted by molar-refractivity contribution is 5.76. The maximum Gasteiger partial charge on any atom is 0.223 e. The molecule has 0 spiro atoms. The van der Waals surface area contributed by atoms with Crippen LogP contribution in [-0.4, -0.2) is 24.7 Å². The highest BCUT2D eigenvalue weighted by Gasteiger charge is 2.10. The average Bonchev–Trinajstić information content (AvgIpc) is 2.09. The SMILES string of the molecule is CC(C)(C)C#CCNC(=O)CCOC(C)(C)C. The molecule has 17 heavy (non-hydrogen) atoms. The van der Waals surface area contributed by atoms with Crippen molar-refractivity contribution in [3.05, 3.63) is 0 Å². The first kappa shape index (κ1) is 16.0. The average molecular weight is 239 g/mol. The van der Waals surface area contributed by atoms with E-state index in [2.05, 4.69) is 17.2 Å². The number of hydrogen-bond donors (Lipinski definition) is 1. The number of hydrogen-bond acceptors (Lipinski definition) is 2. The van der Waals surface area contributed by atoms with Gasteiger partial charge in [-0.1, -0.05) is 11.8 Å². The standard InChI is InChI=1S/C14H25NO2/c1-13(2,3)9-7-10-15-12(16)8-11-17-14(4,5)6/h8,10-11H2,1-6H3,(H,15,16). The second kappa shape index (κ2) is 6.66. The number of rotatable bonds is 4. The van der Waals surface area contributed by atoms with Crippen LogP contribution in [0.25, 0.3) is 0 Å². The van der Waals surface area contributed by atoms with E-state index in [0.29, 0.717) is 19.6 Å². The van der Waals surface area contributed by atoms with Gasteiger partial charge >= 0.3 is 0 Å². The van der Waals surface area contributed by atoms with Gasteiger partial charge in [-0.05, 0) is 41.5 Å². The summed E-state index contributed by atoms with van der Waals surface area (Å²) in [6, 6.07) is 0. The molecule has 0 heterocycles. The first-order chi connectivity index (χ1) is 7.60. The van der Waals surface area contributed by atoms with E-state index >= 15 is 0 Å². The summed E-state index contributed by atoms with van der Waals surface area (Å²) in [4.78, 5) is 11.4. The molecule has 0 aromatic carbocycles. The molecule has 0 saturated heterocycles. The van der Waals surface area contributed by atoms with Gasteiger partial charge in [0.25, 0.3) is 0 Å². The molecular weight excluding hydrogens is 214 g/mol. The number of ether oxygens (including phenoxy) is 1. The third kappa shape index (κ3) is 12.9. The van der Waals surface area contributed by atoms with Crippen molar-refractivity contribution >= 4 is 5.91 Å². The van der Waals surface area contributed by atoms with Crippen LogP contribution in [0.5, 0.6) is 0 Å². The lowest BCUT2D eigenvalue weighted by molar-refractivity contribution is -0.123. The zero-order valence-corrected chi connectivity index (χ0v) is 11.9. The van der Waals surface area contributed by atoms with Gasteiger partial charge in [0, 0.05) is 5.41 Å². The Balaban J connectivity index is 3.71. The summed E-state index contributed by atoms with van der Waals surface area (Å²) in [6.45, 7) is 12.9. The predicted octanol–water partition coefficient (Wildman–Crippen LogP) is 2.36. The summed E-state index contributed by atoms with van der Waals surface area (Å²) in [6.07, 6.45) is 0.383. The van der Waals surface area contributed by atoms with Gasteiger partial charge in [-0.2, -0.15) is 0 Å². The van der Waals surface area contributed by atoms with Crippen LogP contribution in [0.4, 0.5) is 0 Å². The summed E-state index contributed by atoms with van der Waals surface area (Å²) >= 11 is 0. The van der Waals surface area contributed by atoms with Gasteiger partial charge in [0.2, 0.25) is 5.91 Å². The highest BCUT2D eigenvalue weighted by Crippen LogP contribution is 2.09. The number of nitrogens with one attached hydrogen (secondary N) is 1. The predicted molar refractivity (Wildman–Crippen MR) is 70.6 cm³/mol. The molecule has 0 aromatic rings. The minimum Gasteiger partial charge on any atom is -0.375 e. The summed E-state index contributed by atoms with van der Waals surface area (Å²) in [5.41, 5.74) is -0.202. The van der Waals surface area contributed by atoms with Crippen LogP contribution in [0.1, 0.15) is 48.0 Å². The molecule has 0 aliphatic heterocycles. The van der Waals surface area contributed by atoms with Crippen molar-refractivity contribution in [3.8, 4) is 11.8 Å². The maximum atomic E-state index is 11.4. The van der Waals surface area contributed by atoms with E-state index in [4.69, 9.17) is 4.74 Å². The Labute approximate surface area is 105 Å². The van der Waals surface area contributed by atoms with Crippen molar-refractivity contribution in [1.29, 1.82) is 0 Å². The van der Waals surface area contributed by atoms with Gasteiger partial charge in [0.05, 0.1) is 25.2 Å². The van der Waals surface area contributed by atoms with E-state index in [1.165, 1.54) is 0 Å². The smallest absolute Gasteiger partial charge is 0.223 e. The van der Waals surface area contributed by atoms with E-state index < -0.39 is 0 Å². The van der Waals surface area contributed by atoms with Crippen LogP contribution < -0.4 is 5.32 Å². The Morgan fingerprint density at radius 2 is 1.76 bits per heavy atom. The Morgan fingerprint density at radius 3 is 2.24 bits per heavy atom. The molecule has 3 heteroatoms. The van der Waals surface area contributed by atoms with E-state index in [1.807, 2.05) is 41.5 Å². The fraction of sp³-hybridized carbons (Fsp3) is 0.786. The van der Waals surface area contributed by atoms with E-state index in [9.17, 15) is 4.79 Å². The normalized spacial score (nSPS) is 11.6. The van der Waals surface area contributed by atoms with Crippen LogP contribution in [0.2, 0.25) is 0 Å². The molecule has 0 fully saturated rings. The Bertz CT molecular complexity index is 297. The van der Waals surface area contributed by atoms with Crippen molar-refractivity contribution in [2.45, 2.75) is 53.6 Å². The molecule has 98 valence electrons. The number of carbonyl (C=O) groups excluding carboxylic acids is 1. The van der Waals surface area contributed by atoms with E-state index in [1.54, 1.807) is 0 Å². The van der Waals surface area contributed by atoms with Crippen molar-refractivity contribution in [1.82, 2.24) is 5.32 Å². The molecule has 0 rings (SSSR count). The van der Waals surface area contributed by atoms with Gasteiger partial charge in [-0.3, -0.25) is 4.79 Å². The molecule has 3 nitrogen and oxygen atoms in total. The molecule has 0 radical (unpaired) electrons. The zero-order chi connectivity index (χ0) is 13.5. The van der Waals surface area contributed by atoms with Crippen molar-refractivity contribution < 1.29 is 9.53 Å². The fourth-order valence-electron chi connectivity index (χ4n) is 0.990. The first-order valence-electron chi connectivity index (χ1n) is 6.01. The molecular formula is C14H25NO2. The zero-order valence-electron chi connectivity index (χ0n) is 11.9. The molecule has 0 bridgehead atoms. The lowest BCUT2D eigenvalue weighted by Gasteiger charge is -2.18. The van der Waals surface area contributed by atoms with Gasteiger partial charge in [0.1, 0.15) is 0 Å². The van der Waals surface area contributed by atoms with Crippen molar-refractivity contribution in [2.75, 3.05) is 13.2 Å². The number of amides is 1. The van der Waals surface area contributed by atoms with Gasteiger partial charge < -0.3 is 10.1 Å². The second-order valence-corrected chi connectivity index (χ2v) is 6.04. The molecule has 1 N–H and O–H groups in total. The van der Waals surface area contributed by atoms with Gasteiger partial charge in [-0.15, -0.1) is 0 Å². The quantitative estimate of drug-likeness (QED) is 0.765. The minimum absolute atomic E-state index is 0.0138. The molecule has 0 aromatic heterocycles. The summed E-state index contributed by atoms with van der Waals surface area (Å²) in [7, 11) is 0. The third-order valence-corrected chi connectivity index (χ3v) is 1.70. The van der Waals surface area contributed by atoms with Crippen molar-refractivity contribution in [2.24, 2.45) is 5.41 Å². The highest BCUT2D eigenvalue weighted by atomic mass is 16.5. The third-order valence-electron chi connectivity index (χ3n) is 1.70. The molecule has 0 aliphatic carbocycles. The fourth-order valence-corrected chi connectivity index (χ4v) is 0.990. The summed E-state index contributed by atoms with van der Waals surface area (Å²) in [5.74, 6) is 5.99. The Kier molecular flexibility index (Phi) is 6.26. The lowest BCUT2D eigenvalue weighted by Crippen LogP contribution is -2.27. The number of carbonyl (C=O) groups is 1.